The van der Waals surface area contributed by atoms with Crippen molar-refractivity contribution in [3.63, 3.8) is 0 Å². The van der Waals surface area contributed by atoms with Gasteiger partial charge in [0.05, 0.1) is 17.6 Å². The first-order chi connectivity index (χ1) is 6.09. The number of hydrazine groups is 1. The van der Waals surface area contributed by atoms with E-state index in [0.717, 1.165) is 5.69 Å². The van der Waals surface area contributed by atoms with Gasteiger partial charge in [-0.1, -0.05) is 12.2 Å². The third kappa shape index (κ3) is 2.96. The number of hydrogen-bond donors (Lipinski definition) is 2. The van der Waals surface area contributed by atoms with Crippen LogP contribution in [-0.2, 0) is 0 Å². The van der Waals surface area contributed by atoms with Gasteiger partial charge in [0.2, 0.25) is 0 Å². The summed E-state index contributed by atoms with van der Waals surface area (Å²) >= 11 is 4.78. The van der Waals surface area contributed by atoms with Gasteiger partial charge in [0.1, 0.15) is 4.99 Å². The number of hydrogen-bond acceptors (Lipinski definition) is 4. The Hall–Kier alpha value is -1.20. The Bertz CT molecular complexity index is 294. The molecule has 0 radical (unpaired) electrons. The molecule has 0 saturated carbocycles. The fourth-order valence-corrected chi connectivity index (χ4v) is 0.985. The second-order valence-corrected chi connectivity index (χ2v) is 3.24. The maximum Gasteiger partial charge on any atom is 0.122 e. The molecule has 1 heterocycles. The number of nitrogens with two attached hydrogens (primary N) is 1. The fraction of sp³-hybridized carbons (Fsp3) is 0.250. The Kier molecular flexibility index (Phi) is 3.16. The van der Waals surface area contributed by atoms with Crippen molar-refractivity contribution >= 4 is 22.9 Å². The quantitative estimate of drug-likeness (QED) is 0.548. The van der Waals surface area contributed by atoms with Gasteiger partial charge in [-0.05, 0) is 12.1 Å². The lowest BCUT2D eigenvalue weighted by Crippen LogP contribution is -2.20. The van der Waals surface area contributed by atoms with Gasteiger partial charge in [-0.2, -0.15) is 0 Å². The Morgan fingerprint density at radius 3 is 2.62 bits per heavy atom. The molecule has 0 aliphatic heterocycles. The van der Waals surface area contributed by atoms with E-state index in [4.69, 9.17) is 18.0 Å². The third-order valence-corrected chi connectivity index (χ3v) is 1.58. The van der Waals surface area contributed by atoms with Crippen LogP contribution in [0.25, 0.3) is 0 Å². The number of aromatic nitrogens is 1. The molecule has 0 saturated heterocycles. The van der Waals surface area contributed by atoms with Crippen molar-refractivity contribution in [2.45, 2.75) is 0 Å². The molecule has 3 N–H and O–H groups in total. The molecule has 13 heavy (non-hydrogen) atoms. The van der Waals surface area contributed by atoms with E-state index in [0.29, 0.717) is 10.7 Å². The Morgan fingerprint density at radius 1 is 1.54 bits per heavy atom. The zero-order chi connectivity index (χ0) is 9.84. The fourth-order valence-electron chi connectivity index (χ4n) is 0.864. The molecular formula is C8H12N4S. The standard InChI is InChI=1S/C8H12N4S/c1-12(2)11-6-3-4-7(8(9)13)10-5-6/h3-5,11H,1-2H3,(H2,9,13). The summed E-state index contributed by atoms with van der Waals surface area (Å²) in [4.78, 5) is 4.39. The second-order valence-electron chi connectivity index (χ2n) is 2.80. The monoisotopic (exact) mass is 196 g/mol. The highest BCUT2D eigenvalue weighted by Crippen LogP contribution is 2.05. The summed E-state index contributed by atoms with van der Waals surface area (Å²) in [7, 11) is 3.81. The van der Waals surface area contributed by atoms with E-state index in [2.05, 4.69) is 10.4 Å². The summed E-state index contributed by atoms with van der Waals surface area (Å²) in [5.74, 6) is 0. The molecule has 4 nitrogen and oxygen atoms in total. The minimum atomic E-state index is 0.316. The summed E-state index contributed by atoms with van der Waals surface area (Å²) in [5.41, 5.74) is 10.0. The van der Waals surface area contributed by atoms with Crippen LogP contribution >= 0.6 is 12.2 Å². The van der Waals surface area contributed by atoms with Gasteiger partial charge >= 0.3 is 0 Å². The summed E-state index contributed by atoms with van der Waals surface area (Å²) < 4.78 is 0. The maximum absolute atomic E-state index is 5.40. The van der Waals surface area contributed by atoms with Gasteiger partial charge in [-0.15, -0.1) is 0 Å². The number of pyridine rings is 1. The first-order valence-electron chi connectivity index (χ1n) is 3.79. The summed E-state index contributed by atoms with van der Waals surface area (Å²) in [5, 5.41) is 1.83. The van der Waals surface area contributed by atoms with E-state index < -0.39 is 0 Å². The summed E-state index contributed by atoms with van der Waals surface area (Å²) in [6.45, 7) is 0. The Morgan fingerprint density at radius 2 is 2.23 bits per heavy atom. The molecule has 5 heteroatoms. The van der Waals surface area contributed by atoms with Crippen molar-refractivity contribution in [3.8, 4) is 0 Å². The lowest BCUT2D eigenvalue weighted by molar-refractivity contribution is 0.495. The minimum absolute atomic E-state index is 0.316. The topological polar surface area (TPSA) is 54.2 Å². The van der Waals surface area contributed by atoms with Gasteiger partial charge in [0.15, 0.2) is 0 Å². The van der Waals surface area contributed by atoms with Gasteiger partial charge < -0.3 is 11.2 Å². The van der Waals surface area contributed by atoms with Gasteiger partial charge in [0, 0.05) is 14.1 Å². The lowest BCUT2D eigenvalue weighted by Gasteiger charge is -2.12. The highest BCUT2D eigenvalue weighted by atomic mass is 32.1. The maximum atomic E-state index is 5.40. The summed E-state index contributed by atoms with van der Waals surface area (Å²) in [6, 6.07) is 3.66. The van der Waals surface area contributed by atoms with Crippen LogP contribution in [0.1, 0.15) is 5.69 Å². The zero-order valence-corrected chi connectivity index (χ0v) is 8.43. The average Bonchev–Trinajstić information content (AvgIpc) is 2.04. The van der Waals surface area contributed by atoms with E-state index in [1.54, 1.807) is 12.3 Å². The van der Waals surface area contributed by atoms with E-state index in [1.165, 1.54) is 0 Å². The van der Waals surface area contributed by atoms with E-state index in [-0.39, 0.29) is 0 Å². The molecule has 0 aromatic carbocycles. The second kappa shape index (κ2) is 4.15. The van der Waals surface area contributed by atoms with Crippen molar-refractivity contribution in [2.24, 2.45) is 5.73 Å². The van der Waals surface area contributed by atoms with Crippen LogP contribution < -0.4 is 11.2 Å². The van der Waals surface area contributed by atoms with Crippen LogP contribution in [0.2, 0.25) is 0 Å². The average molecular weight is 196 g/mol. The van der Waals surface area contributed by atoms with Crippen LogP contribution in [-0.4, -0.2) is 29.1 Å². The van der Waals surface area contributed by atoms with Crippen LogP contribution in [0.4, 0.5) is 5.69 Å². The molecular weight excluding hydrogens is 184 g/mol. The van der Waals surface area contributed by atoms with Crippen molar-refractivity contribution in [1.82, 2.24) is 9.99 Å². The summed E-state index contributed by atoms with van der Waals surface area (Å²) in [6.07, 6.45) is 1.69. The molecule has 0 aliphatic rings. The van der Waals surface area contributed by atoms with Crippen LogP contribution in [0.5, 0.6) is 0 Å². The van der Waals surface area contributed by atoms with Crippen LogP contribution in [0.3, 0.4) is 0 Å². The van der Waals surface area contributed by atoms with Crippen molar-refractivity contribution < 1.29 is 0 Å². The van der Waals surface area contributed by atoms with Gasteiger partial charge in [0.25, 0.3) is 0 Å². The smallest absolute Gasteiger partial charge is 0.122 e. The number of nitrogens with zero attached hydrogens (tertiary/aromatic N) is 2. The molecule has 0 amide bonds. The first kappa shape index (κ1) is 9.88. The largest absolute Gasteiger partial charge is 0.388 e. The van der Waals surface area contributed by atoms with Crippen molar-refractivity contribution in [2.75, 3.05) is 19.5 Å². The SMILES string of the molecule is CN(C)Nc1ccc(C(N)=S)nc1. The van der Waals surface area contributed by atoms with Gasteiger partial charge in [-0.3, -0.25) is 4.98 Å². The highest BCUT2D eigenvalue weighted by Gasteiger charge is 1.97. The molecule has 0 fully saturated rings. The molecule has 1 aromatic heterocycles. The number of nitrogens with one attached hydrogen (secondary N) is 1. The van der Waals surface area contributed by atoms with Crippen LogP contribution in [0.15, 0.2) is 18.3 Å². The number of thiocarbonyl (C=S) groups is 1. The molecule has 0 aliphatic carbocycles. The van der Waals surface area contributed by atoms with E-state index in [9.17, 15) is 0 Å². The molecule has 1 rings (SSSR count). The van der Waals surface area contributed by atoms with Crippen LogP contribution in [0, 0.1) is 0 Å². The molecule has 0 atom stereocenters. The predicted octanol–water partition coefficient (Wildman–Crippen LogP) is 0.604. The van der Waals surface area contributed by atoms with E-state index in [1.807, 2.05) is 25.2 Å². The molecule has 0 bridgehead atoms. The van der Waals surface area contributed by atoms with E-state index >= 15 is 0 Å². The van der Waals surface area contributed by atoms with Gasteiger partial charge in [-0.25, -0.2) is 5.01 Å². The lowest BCUT2D eigenvalue weighted by atomic mass is 10.3. The highest BCUT2D eigenvalue weighted by molar-refractivity contribution is 7.80. The number of rotatable bonds is 3. The third-order valence-electron chi connectivity index (χ3n) is 1.37. The molecule has 0 spiro atoms. The predicted molar refractivity (Wildman–Crippen MR) is 57.4 cm³/mol. The molecule has 0 unspecified atom stereocenters. The Balaban J connectivity index is 2.75. The zero-order valence-electron chi connectivity index (χ0n) is 7.61. The molecule has 70 valence electrons. The number of anilines is 1. The Labute approximate surface area is 82.7 Å². The normalized spacial score (nSPS) is 10.1. The van der Waals surface area contributed by atoms with Crippen molar-refractivity contribution in [3.05, 3.63) is 24.0 Å². The van der Waals surface area contributed by atoms with Crippen molar-refractivity contribution in [1.29, 1.82) is 0 Å². The minimum Gasteiger partial charge on any atom is -0.388 e. The first-order valence-corrected chi connectivity index (χ1v) is 4.20. The molecule has 1 aromatic rings.